The number of nitrogens with one attached hydrogen (secondary N) is 2. The molecule has 0 unspecified atom stereocenters. The number of benzene rings is 1. The van der Waals surface area contributed by atoms with Gasteiger partial charge in [-0.1, -0.05) is 19.1 Å². The minimum atomic E-state index is -3.48. The van der Waals surface area contributed by atoms with Crippen LogP contribution in [0.15, 0.2) is 29.2 Å². The third-order valence-corrected chi connectivity index (χ3v) is 4.63. The lowest BCUT2D eigenvalue weighted by Crippen LogP contribution is -2.26. The van der Waals surface area contributed by atoms with Gasteiger partial charge < -0.3 is 10.4 Å². The smallest absolute Gasteiger partial charge is 0.303 e. The van der Waals surface area contributed by atoms with Gasteiger partial charge in [0.25, 0.3) is 0 Å². The third kappa shape index (κ3) is 7.25. The Hall–Kier alpha value is -1.93. The van der Waals surface area contributed by atoms with Gasteiger partial charge in [0.15, 0.2) is 0 Å². The number of sulfonamides is 1. The molecule has 23 heavy (non-hydrogen) atoms. The van der Waals surface area contributed by atoms with E-state index < -0.39 is 16.0 Å². The average molecular weight is 342 g/mol. The van der Waals surface area contributed by atoms with Crippen molar-refractivity contribution in [2.75, 3.05) is 13.1 Å². The molecule has 0 saturated carbocycles. The number of hydrogen-bond donors (Lipinski definition) is 3. The molecule has 0 aliphatic carbocycles. The second-order valence-electron chi connectivity index (χ2n) is 5.02. The predicted octanol–water partition coefficient (Wildman–Crippen LogP) is 0.898. The van der Waals surface area contributed by atoms with Gasteiger partial charge in [-0.15, -0.1) is 0 Å². The van der Waals surface area contributed by atoms with Crippen LogP contribution in [0.4, 0.5) is 0 Å². The van der Waals surface area contributed by atoms with E-state index >= 15 is 0 Å². The van der Waals surface area contributed by atoms with Crippen molar-refractivity contribution >= 4 is 21.9 Å². The Bertz CT molecular complexity index is 626. The number of carboxylic acids is 1. The molecule has 128 valence electrons. The minimum absolute atomic E-state index is 0.0948. The van der Waals surface area contributed by atoms with Crippen LogP contribution in [0.3, 0.4) is 0 Å². The topological polar surface area (TPSA) is 113 Å². The number of carbonyl (C=O) groups is 2. The largest absolute Gasteiger partial charge is 0.481 e. The van der Waals surface area contributed by atoms with Crippen LogP contribution in [-0.4, -0.2) is 38.5 Å². The van der Waals surface area contributed by atoms with E-state index in [2.05, 4.69) is 10.0 Å². The quantitative estimate of drug-likeness (QED) is 0.547. The van der Waals surface area contributed by atoms with Gasteiger partial charge >= 0.3 is 5.97 Å². The van der Waals surface area contributed by atoms with Crippen LogP contribution in [0.25, 0.3) is 0 Å². The maximum Gasteiger partial charge on any atom is 0.303 e. The van der Waals surface area contributed by atoms with Gasteiger partial charge in [-0.25, -0.2) is 13.1 Å². The summed E-state index contributed by atoms with van der Waals surface area (Å²) < 4.78 is 26.0. The number of amides is 1. The molecule has 0 saturated heterocycles. The van der Waals surface area contributed by atoms with Crippen LogP contribution in [0, 0.1) is 0 Å². The molecule has 0 aromatic heterocycles. The van der Waals surface area contributed by atoms with Crippen molar-refractivity contribution in [1.29, 1.82) is 0 Å². The zero-order valence-electron chi connectivity index (χ0n) is 13.0. The van der Waals surface area contributed by atoms with Crippen molar-refractivity contribution in [2.45, 2.75) is 37.5 Å². The van der Waals surface area contributed by atoms with E-state index in [9.17, 15) is 18.0 Å². The first-order valence-corrected chi connectivity index (χ1v) is 8.90. The predicted molar refractivity (Wildman–Crippen MR) is 85.5 cm³/mol. The first-order valence-electron chi connectivity index (χ1n) is 7.42. The molecule has 0 heterocycles. The van der Waals surface area contributed by atoms with Gasteiger partial charge in [0.05, 0.1) is 11.3 Å². The summed E-state index contributed by atoms with van der Waals surface area (Å²) in [6.07, 6.45) is 1.38. The number of hydrogen-bond acceptors (Lipinski definition) is 4. The van der Waals surface area contributed by atoms with Crippen LogP contribution in [0.5, 0.6) is 0 Å². The van der Waals surface area contributed by atoms with Crippen LogP contribution in [-0.2, 0) is 26.0 Å². The van der Waals surface area contributed by atoms with E-state index in [-0.39, 0.29) is 23.6 Å². The molecule has 0 atom stereocenters. The van der Waals surface area contributed by atoms with Gasteiger partial charge in [0.2, 0.25) is 15.9 Å². The first kappa shape index (κ1) is 19.1. The summed E-state index contributed by atoms with van der Waals surface area (Å²) in [4.78, 5) is 22.2. The Morgan fingerprint density at radius 2 is 1.78 bits per heavy atom. The number of aliphatic carboxylic acids is 1. The lowest BCUT2D eigenvalue weighted by atomic mass is 10.1. The maximum atomic E-state index is 11.8. The molecule has 3 N–H and O–H groups in total. The molecule has 1 aromatic carbocycles. The Kier molecular flexibility index (Phi) is 7.70. The van der Waals surface area contributed by atoms with Crippen molar-refractivity contribution in [3.05, 3.63) is 29.8 Å². The number of carbonyl (C=O) groups excluding carboxylic acids is 1. The lowest BCUT2D eigenvalue weighted by molar-refractivity contribution is -0.137. The van der Waals surface area contributed by atoms with Crippen LogP contribution < -0.4 is 10.0 Å². The van der Waals surface area contributed by atoms with E-state index in [4.69, 9.17) is 5.11 Å². The fraction of sp³-hybridized carbons (Fsp3) is 0.467. The van der Waals surface area contributed by atoms with E-state index in [1.165, 1.54) is 12.1 Å². The fourth-order valence-electron chi connectivity index (χ4n) is 1.94. The molecule has 8 heteroatoms. The summed E-state index contributed by atoms with van der Waals surface area (Å²) in [7, 11) is -3.48. The summed E-state index contributed by atoms with van der Waals surface area (Å²) in [5.74, 6) is -1.02. The first-order chi connectivity index (χ1) is 10.8. The van der Waals surface area contributed by atoms with Gasteiger partial charge in [0.1, 0.15) is 0 Å². The third-order valence-electron chi connectivity index (χ3n) is 3.07. The zero-order valence-corrected chi connectivity index (χ0v) is 13.9. The summed E-state index contributed by atoms with van der Waals surface area (Å²) in [6.45, 7) is 2.44. The highest BCUT2D eigenvalue weighted by atomic mass is 32.2. The number of unbranched alkanes of at least 4 members (excludes halogenated alkanes) is 1. The molecule has 1 aromatic rings. The Balaban J connectivity index is 2.43. The van der Waals surface area contributed by atoms with Crippen molar-refractivity contribution in [3.8, 4) is 0 Å². The average Bonchev–Trinajstić information content (AvgIpc) is 2.47. The Morgan fingerprint density at radius 3 is 2.35 bits per heavy atom. The van der Waals surface area contributed by atoms with Gasteiger partial charge in [-0.05, 0) is 30.5 Å². The van der Waals surface area contributed by atoms with Gasteiger partial charge in [-0.3, -0.25) is 9.59 Å². The molecule has 1 rings (SSSR count). The number of rotatable bonds is 10. The monoisotopic (exact) mass is 342 g/mol. The fourth-order valence-corrected chi connectivity index (χ4v) is 2.98. The van der Waals surface area contributed by atoms with Crippen molar-refractivity contribution < 1.29 is 23.1 Å². The van der Waals surface area contributed by atoms with Gasteiger partial charge in [-0.2, -0.15) is 0 Å². The molecular formula is C15H22N2O5S. The van der Waals surface area contributed by atoms with Crippen molar-refractivity contribution in [1.82, 2.24) is 10.0 Å². The SMILES string of the molecule is CCNS(=O)(=O)c1ccc(CC(=O)NCCCCC(=O)O)cc1. The van der Waals surface area contributed by atoms with Crippen LogP contribution in [0.2, 0.25) is 0 Å². The standard InChI is InChI=1S/C15H22N2O5S/c1-2-17-23(21,22)13-8-6-12(7-9-13)11-14(18)16-10-4-3-5-15(19)20/h6-9,17H,2-5,10-11H2,1H3,(H,16,18)(H,19,20). The maximum absolute atomic E-state index is 11.8. The highest BCUT2D eigenvalue weighted by Crippen LogP contribution is 2.10. The molecule has 0 fully saturated rings. The Morgan fingerprint density at radius 1 is 1.13 bits per heavy atom. The molecule has 0 aliphatic rings. The lowest BCUT2D eigenvalue weighted by Gasteiger charge is -2.07. The number of carboxylic acid groups (broad SMARTS) is 1. The van der Waals surface area contributed by atoms with Crippen LogP contribution in [0.1, 0.15) is 31.7 Å². The van der Waals surface area contributed by atoms with E-state index in [0.29, 0.717) is 31.5 Å². The summed E-state index contributed by atoms with van der Waals surface area (Å²) >= 11 is 0. The summed E-state index contributed by atoms with van der Waals surface area (Å²) in [5.41, 5.74) is 0.712. The molecule has 1 amide bonds. The highest BCUT2D eigenvalue weighted by Gasteiger charge is 2.12. The second kappa shape index (κ2) is 9.26. The molecule has 0 radical (unpaired) electrons. The second-order valence-corrected chi connectivity index (χ2v) is 6.79. The molecule has 0 aliphatic heterocycles. The minimum Gasteiger partial charge on any atom is -0.481 e. The van der Waals surface area contributed by atoms with E-state index in [0.717, 1.165) is 0 Å². The van der Waals surface area contributed by atoms with E-state index in [1.54, 1.807) is 19.1 Å². The normalized spacial score (nSPS) is 11.2. The zero-order chi connectivity index (χ0) is 17.3. The summed E-state index contributed by atoms with van der Waals surface area (Å²) in [5, 5.41) is 11.2. The summed E-state index contributed by atoms with van der Waals surface area (Å²) in [6, 6.07) is 6.14. The Labute approximate surface area is 136 Å². The van der Waals surface area contributed by atoms with Gasteiger partial charge in [0, 0.05) is 19.5 Å². The molecule has 0 bridgehead atoms. The molecule has 7 nitrogen and oxygen atoms in total. The van der Waals surface area contributed by atoms with Crippen molar-refractivity contribution in [2.24, 2.45) is 0 Å². The van der Waals surface area contributed by atoms with Crippen molar-refractivity contribution in [3.63, 3.8) is 0 Å². The molecule has 0 spiro atoms. The van der Waals surface area contributed by atoms with Crippen LogP contribution >= 0.6 is 0 Å². The molecular weight excluding hydrogens is 320 g/mol. The van der Waals surface area contributed by atoms with E-state index in [1.807, 2.05) is 0 Å². The highest BCUT2D eigenvalue weighted by molar-refractivity contribution is 7.89.